The van der Waals surface area contributed by atoms with Crippen LogP contribution >= 0.6 is 0 Å². The van der Waals surface area contributed by atoms with E-state index in [9.17, 15) is 4.79 Å². The lowest BCUT2D eigenvalue weighted by Gasteiger charge is -2.20. The molecule has 0 spiro atoms. The van der Waals surface area contributed by atoms with Crippen molar-refractivity contribution in [3.05, 3.63) is 0 Å². The van der Waals surface area contributed by atoms with Gasteiger partial charge in [0.05, 0.1) is 12.7 Å². The van der Waals surface area contributed by atoms with Gasteiger partial charge < -0.3 is 9.64 Å². The lowest BCUT2D eigenvalue weighted by Crippen LogP contribution is -2.34. The fourth-order valence-corrected chi connectivity index (χ4v) is 1.93. The molecule has 0 aromatic heterocycles. The molecule has 4 heteroatoms. The van der Waals surface area contributed by atoms with Crippen LogP contribution in [0.15, 0.2) is 0 Å². The van der Waals surface area contributed by atoms with E-state index in [2.05, 4.69) is 4.90 Å². The summed E-state index contributed by atoms with van der Waals surface area (Å²) in [7, 11) is 0. The van der Waals surface area contributed by atoms with Gasteiger partial charge in [0.25, 0.3) is 0 Å². The van der Waals surface area contributed by atoms with E-state index in [0.717, 1.165) is 45.8 Å². The highest BCUT2D eigenvalue weighted by Gasteiger charge is 2.26. The molecule has 0 aliphatic carbocycles. The van der Waals surface area contributed by atoms with Gasteiger partial charge >= 0.3 is 0 Å². The van der Waals surface area contributed by atoms with Crippen molar-refractivity contribution in [1.29, 1.82) is 0 Å². The van der Waals surface area contributed by atoms with E-state index in [-0.39, 0.29) is 5.91 Å². The first-order chi connectivity index (χ1) is 6.75. The summed E-state index contributed by atoms with van der Waals surface area (Å²) in [5.74, 6) is 0.203. The smallest absolute Gasteiger partial charge is 0.219 e. The van der Waals surface area contributed by atoms with Crippen LogP contribution in [0.25, 0.3) is 0 Å². The number of hydrogen-bond acceptors (Lipinski definition) is 3. The Balaban J connectivity index is 1.77. The van der Waals surface area contributed by atoms with E-state index < -0.39 is 0 Å². The van der Waals surface area contributed by atoms with E-state index in [1.807, 2.05) is 4.90 Å². The normalized spacial score (nSPS) is 28.6. The maximum Gasteiger partial charge on any atom is 0.219 e. The Hall–Kier alpha value is -0.610. The quantitative estimate of drug-likeness (QED) is 0.583. The zero-order chi connectivity index (χ0) is 9.97. The molecule has 2 heterocycles. The van der Waals surface area contributed by atoms with Gasteiger partial charge in [0, 0.05) is 33.1 Å². The standard InChI is InChI=1S/C10H18N2O2/c1-9(13)12-4-2-3-11(5-6-12)7-10-8-14-10/h10H,2-8H2,1H3. The molecule has 1 amide bonds. The first kappa shape index (κ1) is 9.93. The average Bonchev–Trinajstić information content (AvgIpc) is 2.92. The van der Waals surface area contributed by atoms with Gasteiger partial charge in [-0.3, -0.25) is 9.69 Å². The molecule has 0 aromatic rings. The zero-order valence-electron chi connectivity index (χ0n) is 8.74. The number of carbonyl (C=O) groups is 1. The molecule has 80 valence electrons. The minimum atomic E-state index is 0.203. The summed E-state index contributed by atoms with van der Waals surface area (Å²) >= 11 is 0. The second-order valence-corrected chi connectivity index (χ2v) is 4.12. The molecule has 0 N–H and O–H groups in total. The molecule has 0 aromatic carbocycles. The molecule has 0 bridgehead atoms. The summed E-state index contributed by atoms with van der Waals surface area (Å²) in [4.78, 5) is 15.5. The first-order valence-corrected chi connectivity index (χ1v) is 5.35. The van der Waals surface area contributed by atoms with Gasteiger partial charge in [0.1, 0.15) is 0 Å². The van der Waals surface area contributed by atoms with Gasteiger partial charge in [0.2, 0.25) is 5.91 Å². The number of ether oxygens (including phenoxy) is 1. The summed E-state index contributed by atoms with van der Waals surface area (Å²) in [6.45, 7) is 7.51. The average molecular weight is 198 g/mol. The van der Waals surface area contributed by atoms with E-state index in [1.54, 1.807) is 6.92 Å². The molecule has 1 unspecified atom stereocenters. The maximum absolute atomic E-state index is 11.2. The van der Waals surface area contributed by atoms with Crippen molar-refractivity contribution in [1.82, 2.24) is 9.80 Å². The van der Waals surface area contributed by atoms with Crippen molar-refractivity contribution in [2.45, 2.75) is 19.4 Å². The number of carbonyl (C=O) groups excluding carboxylic acids is 1. The number of nitrogens with zero attached hydrogens (tertiary/aromatic N) is 2. The van der Waals surface area contributed by atoms with Crippen molar-refractivity contribution >= 4 is 5.91 Å². The van der Waals surface area contributed by atoms with Crippen LogP contribution in [0.5, 0.6) is 0 Å². The summed E-state index contributed by atoms with van der Waals surface area (Å²) in [6, 6.07) is 0. The molecule has 2 fully saturated rings. The Kier molecular flexibility index (Phi) is 3.03. The van der Waals surface area contributed by atoms with E-state index >= 15 is 0 Å². The highest BCUT2D eigenvalue weighted by molar-refractivity contribution is 5.73. The Labute approximate surface area is 84.8 Å². The number of amides is 1. The summed E-state index contributed by atoms with van der Waals surface area (Å²) in [5.41, 5.74) is 0. The van der Waals surface area contributed by atoms with Gasteiger partial charge in [-0.2, -0.15) is 0 Å². The van der Waals surface area contributed by atoms with Crippen molar-refractivity contribution in [2.75, 3.05) is 39.3 Å². The SMILES string of the molecule is CC(=O)N1CCCN(CC2CO2)CC1. The molecule has 0 radical (unpaired) electrons. The van der Waals surface area contributed by atoms with E-state index in [4.69, 9.17) is 4.74 Å². The van der Waals surface area contributed by atoms with Gasteiger partial charge in [-0.15, -0.1) is 0 Å². The van der Waals surface area contributed by atoms with Crippen LogP contribution in [-0.4, -0.2) is 61.1 Å². The molecule has 1 atom stereocenters. The summed E-state index contributed by atoms with van der Waals surface area (Å²) in [6.07, 6.45) is 1.56. The largest absolute Gasteiger partial charge is 0.372 e. The highest BCUT2D eigenvalue weighted by atomic mass is 16.6. The molecule has 2 aliphatic heterocycles. The maximum atomic E-state index is 11.2. The van der Waals surface area contributed by atoms with Crippen LogP contribution in [0.1, 0.15) is 13.3 Å². The van der Waals surface area contributed by atoms with Crippen LogP contribution < -0.4 is 0 Å². The fraction of sp³-hybridized carbons (Fsp3) is 0.900. The van der Waals surface area contributed by atoms with Gasteiger partial charge in [-0.05, 0) is 13.0 Å². The second kappa shape index (κ2) is 4.28. The monoisotopic (exact) mass is 198 g/mol. The zero-order valence-corrected chi connectivity index (χ0v) is 8.74. The number of epoxide rings is 1. The van der Waals surface area contributed by atoms with Crippen LogP contribution in [0.4, 0.5) is 0 Å². The Morgan fingerprint density at radius 2 is 2.14 bits per heavy atom. The molecule has 4 nitrogen and oxygen atoms in total. The molecule has 2 rings (SSSR count). The predicted molar refractivity (Wildman–Crippen MR) is 53.1 cm³/mol. The third-order valence-corrected chi connectivity index (χ3v) is 2.90. The van der Waals surface area contributed by atoms with E-state index in [0.29, 0.717) is 6.10 Å². The minimum absolute atomic E-state index is 0.203. The van der Waals surface area contributed by atoms with Crippen LogP contribution in [0, 0.1) is 0 Å². The molecule has 2 saturated heterocycles. The van der Waals surface area contributed by atoms with Crippen molar-refractivity contribution < 1.29 is 9.53 Å². The fourth-order valence-electron chi connectivity index (χ4n) is 1.93. The molecule has 14 heavy (non-hydrogen) atoms. The third-order valence-electron chi connectivity index (χ3n) is 2.90. The summed E-state index contributed by atoms with van der Waals surface area (Å²) in [5, 5.41) is 0. The second-order valence-electron chi connectivity index (χ2n) is 4.12. The van der Waals surface area contributed by atoms with Crippen molar-refractivity contribution in [3.63, 3.8) is 0 Å². The molecular formula is C10H18N2O2. The van der Waals surface area contributed by atoms with Crippen molar-refractivity contribution in [3.8, 4) is 0 Å². The topological polar surface area (TPSA) is 36.1 Å². The predicted octanol–water partition coefficient (Wildman–Crippen LogP) is -0.0606. The number of rotatable bonds is 2. The van der Waals surface area contributed by atoms with Crippen LogP contribution in [0.2, 0.25) is 0 Å². The van der Waals surface area contributed by atoms with Gasteiger partial charge in [-0.25, -0.2) is 0 Å². The highest BCUT2D eigenvalue weighted by Crippen LogP contribution is 2.12. The minimum Gasteiger partial charge on any atom is -0.372 e. The third kappa shape index (κ3) is 2.69. The Bertz CT molecular complexity index is 216. The Morgan fingerprint density at radius 3 is 2.79 bits per heavy atom. The lowest BCUT2D eigenvalue weighted by molar-refractivity contribution is -0.128. The molecule has 2 aliphatic rings. The molecular weight excluding hydrogens is 180 g/mol. The van der Waals surface area contributed by atoms with Crippen molar-refractivity contribution in [2.24, 2.45) is 0 Å². The number of hydrogen-bond donors (Lipinski definition) is 0. The van der Waals surface area contributed by atoms with Gasteiger partial charge in [-0.1, -0.05) is 0 Å². The lowest BCUT2D eigenvalue weighted by atomic mass is 10.3. The molecule has 0 saturated carbocycles. The Morgan fingerprint density at radius 1 is 1.36 bits per heavy atom. The first-order valence-electron chi connectivity index (χ1n) is 5.35. The van der Waals surface area contributed by atoms with E-state index in [1.165, 1.54) is 0 Å². The summed E-state index contributed by atoms with van der Waals surface area (Å²) < 4.78 is 5.20. The van der Waals surface area contributed by atoms with Crippen LogP contribution in [-0.2, 0) is 9.53 Å². The van der Waals surface area contributed by atoms with Gasteiger partial charge in [0.15, 0.2) is 0 Å². The van der Waals surface area contributed by atoms with Crippen LogP contribution in [0.3, 0.4) is 0 Å².